The van der Waals surface area contributed by atoms with Gasteiger partial charge >= 0.3 is 0 Å². The van der Waals surface area contributed by atoms with Gasteiger partial charge in [0.2, 0.25) is 0 Å². The van der Waals surface area contributed by atoms with Crippen LogP contribution >= 0.6 is 0 Å². The first-order chi connectivity index (χ1) is 5.29. The fraction of sp³-hybridized carbons (Fsp3) is 0.778. The molecule has 1 aliphatic rings. The second-order valence-corrected chi connectivity index (χ2v) is 3.30. The molecule has 0 amide bonds. The van der Waals surface area contributed by atoms with Crippen molar-refractivity contribution < 1.29 is 0 Å². The maximum absolute atomic E-state index is 8.76. The Morgan fingerprint density at radius 1 is 1.18 bits per heavy atom. The van der Waals surface area contributed by atoms with Gasteiger partial charge in [-0.1, -0.05) is 13.3 Å². The topological polar surface area (TPSA) is 47.6 Å². The zero-order valence-electron chi connectivity index (χ0n) is 6.75. The smallest absolute Gasteiger partial charge is 0.0672 e. The van der Waals surface area contributed by atoms with Crippen molar-refractivity contribution in [2.75, 3.05) is 0 Å². The van der Waals surface area contributed by atoms with E-state index < -0.39 is 0 Å². The predicted octanol–water partition coefficient (Wildman–Crippen LogP) is 2.09. The van der Waals surface area contributed by atoms with E-state index in [-0.39, 0.29) is 11.8 Å². The molecule has 0 aromatic carbocycles. The normalized spacial score (nSPS) is 37.2. The molecule has 1 saturated carbocycles. The lowest BCUT2D eigenvalue weighted by molar-refractivity contribution is 0.259. The van der Waals surface area contributed by atoms with Crippen molar-refractivity contribution in [2.45, 2.75) is 26.2 Å². The Balaban J connectivity index is 2.67. The Hall–Kier alpha value is -1.02. The summed E-state index contributed by atoms with van der Waals surface area (Å²) in [5, 5.41) is 17.5. The molecule has 1 rings (SSSR count). The summed E-state index contributed by atoms with van der Waals surface area (Å²) < 4.78 is 0. The second kappa shape index (κ2) is 3.39. The summed E-state index contributed by atoms with van der Waals surface area (Å²) in [6, 6.07) is 4.44. The van der Waals surface area contributed by atoms with Gasteiger partial charge in [0.05, 0.1) is 24.0 Å². The SMILES string of the molecule is CC1CCCC(C#N)C1C#N. The molecule has 0 heterocycles. The average molecular weight is 148 g/mol. The molecule has 0 radical (unpaired) electrons. The van der Waals surface area contributed by atoms with Crippen molar-refractivity contribution in [1.82, 2.24) is 0 Å². The van der Waals surface area contributed by atoms with Gasteiger partial charge in [0.15, 0.2) is 0 Å². The van der Waals surface area contributed by atoms with Gasteiger partial charge in [-0.3, -0.25) is 0 Å². The minimum Gasteiger partial charge on any atom is -0.198 e. The second-order valence-electron chi connectivity index (χ2n) is 3.30. The lowest BCUT2D eigenvalue weighted by Crippen LogP contribution is -2.24. The molecule has 0 saturated heterocycles. The molecule has 0 bridgehead atoms. The molecule has 11 heavy (non-hydrogen) atoms. The molecule has 2 nitrogen and oxygen atoms in total. The fourth-order valence-corrected chi connectivity index (χ4v) is 1.78. The molecule has 0 aliphatic heterocycles. The van der Waals surface area contributed by atoms with Crippen LogP contribution in [0.1, 0.15) is 26.2 Å². The first-order valence-corrected chi connectivity index (χ1v) is 4.09. The van der Waals surface area contributed by atoms with E-state index in [2.05, 4.69) is 19.1 Å². The van der Waals surface area contributed by atoms with Gasteiger partial charge < -0.3 is 0 Å². The highest BCUT2D eigenvalue weighted by Gasteiger charge is 2.30. The predicted molar refractivity (Wildman–Crippen MR) is 41.2 cm³/mol. The fourth-order valence-electron chi connectivity index (χ4n) is 1.78. The van der Waals surface area contributed by atoms with E-state index in [1.165, 1.54) is 0 Å². The molecule has 58 valence electrons. The van der Waals surface area contributed by atoms with Crippen LogP contribution in [0.2, 0.25) is 0 Å². The van der Waals surface area contributed by atoms with Gasteiger partial charge in [0.1, 0.15) is 0 Å². The summed E-state index contributed by atoms with van der Waals surface area (Å²) >= 11 is 0. The van der Waals surface area contributed by atoms with Gasteiger partial charge in [0, 0.05) is 0 Å². The Morgan fingerprint density at radius 2 is 1.91 bits per heavy atom. The van der Waals surface area contributed by atoms with Gasteiger partial charge in [-0.05, 0) is 18.8 Å². The maximum atomic E-state index is 8.76. The number of rotatable bonds is 0. The van der Waals surface area contributed by atoms with Crippen LogP contribution in [0.15, 0.2) is 0 Å². The Bertz CT molecular complexity index is 209. The monoisotopic (exact) mass is 148 g/mol. The number of nitriles is 2. The minimum atomic E-state index is -0.0197. The molecule has 0 aromatic rings. The van der Waals surface area contributed by atoms with Crippen molar-refractivity contribution in [1.29, 1.82) is 10.5 Å². The van der Waals surface area contributed by atoms with Crippen LogP contribution in [0.3, 0.4) is 0 Å². The summed E-state index contributed by atoms with van der Waals surface area (Å²) in [7, 11) is 0. The van der Waals surface area contributed by atoms with Crippen LogP contribution < -0.4 is 0 Å². The minimum absolute atomic E-state index is 0.0104. The van der Waals surface area contributed by atoms with Crippen molar-refractivity contribution >= 4 is 0 Å². The maximum Gasteiger partial charge on any atom is 0.0672 e. The van der Waals surface area contributed by atoms with Crippen LogP contribution in [0, 0.1) is 40.4 Å². The zero-order valence-corrected chi connectivity index (χ0v) is 6.75. The molecule has 0 spiro atoms. The number of nitrogens with zero attached hydrogens (tertiary/aromatic N) is 2. The van der Waals surface area contributed by atoms with Crippen LogP contribution in [-0.4, -0.2) is 0 Å². The van der Waals surface area contributed by atoms with Gasteiger partial charge in [0.25, 0.3) is 0 Å². The quantitative estimate of drug-likeness (QED) is 0.528. The van der Waals surface area contributed by atoms with E-state index in [9.17, 15) is 0 Å². The molecule has 3 unspecified atom stereocenters. The van der Waals surface area contributed by atoms with E-state index in [0.29, 0.717) is 5.92 Å². The summed E-state index contributed by atoms with van der Waals surface area (Å²) in [5.74, 6) is 0.385. The summed E-state index contributed by atoms with van der Waals surface area (Å²) in [4.78, 5) is 0. The highest BCUT2D eigenvalue weighted by Crippen LogP contribution is 2.33. The third-order valence-corrected chi connectivity index (χ3v) is 2.54. The lowest BCUT2D eigenvalue weighted by atomic mass is 9.74. The van der Waals surface area contributed by atoms with Crippen molar-refractivity contribution in [2.24, 2.45) is 17.8 Å². The summed E-state index contributed by atoms with van der Waals surface area (Å²) in [5.41, 5.74) is 0. The summed E-state index contributed by atoms with van der Waals surface area (Å²) in [6.45, 7) is 2.07. The van der Waals surface area contributed by atoms with Crippen LogP contribution in [-0.2, 0) is 0 Å². The van der Waals surface area contributed by atoms with Gasteiger partial charge in [-0.25, -0.2) is 0 Å². The Kier molecular flexibility index (Phi) is 2.49. The molecule has 3 atom stereocenters. The van der Waals surface area contributed by atoms with Crippen molar-refractivity contribution in [3.05, 3.63) is 0 Å². The molecule has 1 fully saturated rings. The van der Waals surface area contributed by atoms with E-state index in [4.69, 9.17) is 10.5 Å². The Morgan fingerprint density at radius 3 is 2.36 bits per heavy atom. The highest BCUT2D eigenvalue weighted by atomic mass is 14.4. The largest absolute Gasteiger partial charge is 0.198 e. The molecule has 1 aliphatic carbocycles. The van der Waals surface area contributed by atoms with Crippen LogP contribution in [0.25, 0.3) is 0 Å². The van der Waals surface area contributed by atoms with Crippen molar-refractivity contribution in [3.63, 3.8) is 0 Å². The van der Waals surface area contributed by atoms with Crippen LogP contribution in [0.5, 0.6) is 0 Å². The zero-order chi connectivity index (χ0) is 8.27. The lowest BCUT2D eigenvalue weighted by Gasteiger charge is -2.27. The first kappa shape index (κ1) is 8.08. The standard InChI is InChI=1S/C9H12N2/c1-7-3-2-4-8(5-10)9(7)6-11/h7-9H,2-4H2,1H3. The molecular formula is C9H12N2. The molecule has 2 heteroatoms. The Labute approximate surface area is 67.4 Å². The molecule has 0 aromatic heterocycles. The van der Waals surface area contributed by atoms with E-state index in [1.54, 1.807) is 0 Å². The van der Waals surface area contributed by atoms with E-state index >= 15 is 0 Å². The van der Waals surface area contributed by atoms with Gasteiger partial charge in [-0.15, -0.1) is 0 Å². The number of hydrogen-bond donors (Lipinski definition) is 0. The highest BCUT2D eigenvalue weighted by molar-refractivity contribution is 5.02. The van der Waals surface area contributed by atoms with E-state index in [0.717, 1.165) is 19.3 Å². The van der Waals surface area contributed by atoms with E-state index in [1.807, 2.05) is 0 Å². The van der Waals surface area contributed by atoms with Crippen LogP contribution in [0.4, 0.5) is 0 Å². The molecular weight excluding hydrogens is 136 g/mol. The molecule has 0 N–H and O–H groups in total. The van der Waals surface area contributed by atoms with Gasteiger partial charge in [-0.2, -0.15) is 10.5 Å². The third kappa shape index (κ3) is 1.52. The average Bonchev–Trinajstić information content (AvgIpc) is 2.04. The first-order valence-electron chi connectivity index (χ1n) is 4.09. The third-order valence-electron chi connectivity index (χ3n) is 2.54. The van der Waals surface area contributed by atoms with Crippen molar-refractivity contribution in [3.8, 4) is 12.1 Å². The number of hydrogen-bond acceptors (Lipinski definition) is 2. The summed E-state index contributed by atoms with van der Waals surface area (Å²) in [6.07, 6.45) is 3.13.